The molecule has 26 heavy (non-hydrogen) atoms. The summed E-state index contributed by atoms with van der Waals surface area (Å²) in [7, 11) is 0. The van der Waals surface area contributed by atoms with Gasteiger partial charge in [0.2, 0.25) is 0 Å². The van der Waals surface area contributed by atoms with Crippen LogP contribution in [0.5, 0.6) is 0 Å². The normalized spacial score (nSPS) is 13.2. The summed E-state index contributed by atoms with van der Waals surface area (Å²) in [5.74, 6) is 0. The predicted octanol–water partition coefficient (Wildman–Crippen LogP) is 4.17. The van der Waals surface area contributed by atoms with Crippen molar-refractivity contribution in [1.82, 2.24) is 5.32 Å². The molecule has 0 radical (unpaired) electrons. The maximum Gasteiger partial charge on any atom is 0.407 e. The van der Waals surface area contributed by atoms with E-state index in [2.05, 4.69) is 12.2 Å². The lowest BCUT2D eigenvalue weighted by Crippen LogP contribution is -2.46. The average molecular weight is 366 g/mol. The molecule has 0 fully saturated rings. The molecule has 5 nitrogen and oxygen atoms in total. The molecule has 3 N–H and O–H groups in total. The van der Waals surface area contributed by atoms with Gasteiger partial charge in [-0.05, 0) is 12.0 Å². The Bertz CT molecular complexity index is 466. The highest BCUT2D eigenvalue weighted by atomic mass is 16.5. The summed E-state index contributed by atoms with van der Waals surface area (Å²) in [5, 5.41) is 22.2. The fourth-order valence-corrected chi connectivity index (χ4v) is 2.87. The molecule has 0 bridgehead atoms. The van der Waals surface area contributed by atoms with Gasteiger partial charge in [0.25, 0.3) is 0 Å². The van der Waals surface area contributed by atoms with Gasteiger partial charge in [-0.3, -0.25) is 0 Å². The molecule has 0 aromatic heterocycles. The zero-order valence-corrected chi connectivity index (χ0v) is 16.0. The molecule has 148 valence electrons. The standard InChI is InChI=1S/C21H35NO4/c1-2-3-4-5-6-7-8-12-15-20(24)19(16-23)22-21(25)26-17-18-13-10-9-11-14-18/h9-11,13-14,19-20,23-24H,2-8,12,15-17H2,1H3,(H,22,25)/t19-,20-/m0/s1. The molecule has 0 heterocycles. The molecule has 0 aliphatic carbocycles. The van der Waals surface area contributed by atoms with Gasteiger partial charge in [0, 0.05) is 0 Å². The van der Waals surface area contributed by atoms with Crippen molar-refractivity contribution in [3.8, 4) is 0 Å². The minimum atomic E-state index is -0.760. The van der Waals surface area contributed by atoms with Crippen molar-refractivity contribution in [1.29, 1.82) is 0 Å². The predicted molar refractivity (Wildman–Crippen MR) is 104 cm³/mol. The molecule has 5 heteroatoms. The first-order chi connectivity index (χ1) is 12.7. The number of aliphatic hydroxyl groups is 2. The molecule has 1 aromatic rings. The van der Waals surface area contributed by atoms with Crippen LogP contribution in [0.3, 0.4) is 0 Å². The Morgan fingerprint density at radius 3 is 2.27 bits per heavy atom. The van der Waals surface area contributed by atoms with Crippen molar-refractivity contribution in [2.24, 2.45) is 0 Å². The number of aliphatic hydroxyl groups excluding tert-OH is 2. The van der Waals surface area contributed by atoms with Gasteiger partial charge < -0.3 is 20.3 Å². The molecule has 0 saturated carbocycles. The van der Waals surface area contributed by atoms with Crippen LogP contribution in [0.15, 0.2) is 30.3 Å². The lowest BCUT2D eigenvalue weighted by molar-refractivity contribution is 0.0701. The van der Waals surface area contributed by atoms with Crippen molar-refractivity contribution in [3.63, 3.8) is 0 Å². The quantitative estimate of drug-likeness (QED) is 0.432. The lowest BCUT2D eigenvalue weighted by Gasteiger charge is -2.22. The Labute approximate surface area is 157 Å². The first-order valence-electron chi connectivity index (χ1n) is 9.93. The molecule has 2 atom stereocenters. The van der Waals surface area contributed by atoms with E-state index in [-0.39, 0.29) is 13.2 Å². The van der Waals surface area contributed by atoms with Crippen LogP contribution in [0.1, 0.15) is 70.3 Å². The zero-order chi connectivity index (χ0) is 19.0. The van der Waals surface area contributed by atoms with Gasteiger partial charge in [-0.25, -0.2) is 4.79 Å². The van der Waals surface area contributed by atoms with E-state index in [0.29, 0.717) is 6.42 Å². The number of unbranched alkanes of at least 4 members (excludes halogenated alkanes) is 7. The molecule has 0 unspecified atom stereocenters. The summed E-state index contributed by atoms with van der Waals surface area (Å²) in [5.41, 5.74) is 0.891. The smallest absolute Gasteiger partial charge is 0.407 e. The number of rotatable bonds is 14. The monoisotopic (exact) mass is 365 g/mol. The Kier molecular flexibility index (Phi) is 12.6. The molecular formula is C21H35NO4. The Hall–Kier alpha value is -1.59. The van der Waals surface area contributed by atoms with Crippen molar-refractivity contribution < 1.29 is 19.7 Å². The first-order valence-corrected chi connectivity index (χ1v) is 9.93. The molecule has 0 aliphatic rings. The molecule has 0 spiro atoms. The third kappa shape index (κ3) is 10.4. The number of carbonyl (C=O) groups is 1. The summed E-state index contributed by atoms with van der Waals surface area (Å²) in [6.07, 6.45) is 8.72. The molecule has 1 amide bonds. The highest BCUT2D eigenvalue weighted by Crippen LogP contribution is 2.12. The van der Waals surface area contributed by atoms with Crippen molar-refractivity contribution in [3.05, 3.63) is 35.9 Å². The third-order valence-corrected chi connectivity index (χ3v) is 4.53. The minimum absolute atomic E-state index is 0.166. The van der Waals surface area contributed by atoms with E-state index in [1.165, 1.54) is 38.5 Å². The van der Waals surface area contributed by atoms with Crippen LogP contribution in [-0.4, -0.2) is 35.1 Å². The third-order valence-electron chi connectivity index (χ3n) is 4.53. The van der Waals surface area contributed by atoms with E-state index in [0.717, 1.165) is 18.4 Å². The number of hydrogen-bond donors (Lipinski definition) is 3. The van der Waals surface area contributed by atoms with E-state index in [4.69, 9.17) is 4.74 Å². The number of hydrogen-bond acceptors (Lipinski definition) is 4. The summed E-state index contributed by atoms with van der Waals surface area (Å²) < 4.78 is 5.13. The van der Waals surface area contributed by atoms with Crippen LogP contribution in [0, 0.1) is 0 Å². The van der Waals surface area contributed by atoms with Crippen LogP contribution in [0.25, 0.3) is 0 Å². The molecule has 1 rings (SSSR count). The van der Waals surface area contributed by atoms with Crippen molar-refractivity contribution in [2.45, 2.75) is 83.5 Å². The average Bonchev–Trinajstić information content (AvgIpc) is 2.67. The van der Waals surface area contributed by atoms with E-state index in [9.17, 15) is 15.0 Å². The molecule has 0 saturated heterocycles. The summed E-state index contributed by atoms with van der Waals surface area (Å²) >= 11 is 0. The number of amides is 1. The van der Waals surface area contributed by atoms with Crippen LogP contribution < -0.4 is 5.32 Å². The van der Waals surface area contributed by atoms with Crippen LogP contribution >= 0.6 is 0 Å². The second-order valence-electron chi connectivity index (χ2n) is 6.83. The molecule has 0 aliphatic heterocycles. The number of carbonyl (C=O) groups excluding carboxylic acids is 1. The van der Waals surface area contributed by atoms with E-state index >= 15 is 0 Å². The lowest BCUT2D eigenvalue weighted by atomic mass is 10.0. The minimum Gasteiger partial charge on any atom is -0.445 e. The van der Waals surface area contributed by atoms with Crippen molar-refractivity contribution >= 4 is 6.09 Å². The SMILES string of the molecule is CCCCCCCCCC[C@H](O)[C@H](CO)NC(=O)OCc1ccccc1. The Morgan fingerprint density at radius 2 is 1.65 bits per heavy atom. The topological polar surface area (TPSA) is 78.8 Å². The molecular weight excluding hydrogens is 330 g/mol. The zero-order valence-electron chi connectivity index (χ0n) is 16.0. The first kappa shape index (κ1) is 22.5. The van der Waals surface area contributed by atoms with E-state index < -0.39 is 18.2 Å². The maximum atomic E-state index is 11.8. The van der Waals surface area contributed by atoms with Crippen LogP contribution in [0.2, 0.25) is 0 Å². The largest absolute Gasteiger partial charge is 0.445 e. The summed E-state index contributed by atoms with van der Waals surface area (Å²) in [6, 6.07) is 8.69. The second-order valence-corrected chi connectivity index (χ2v) is 6.83. The molecule has 1 aromatic carbocycles. The van der Waals surface area contributed by atoms with Gasteiger partial charge >= 0.3 is 6.09 Å². The van der Waals surface area contributed by atoms with E-state index in [1.54, 1.807) is 0 Å². The van der Waals surface area contributed by atoms with Crippen molar-refractivity contribution in [2.75, 3.05) is 6.61 Å². The highest BCUT2D eigenvalue weighted by molar-refractivity contribution is 5.67. The Balaban J connectivity index is 2.15. The second kappa shape index (κ2) is 14.6. The van der Waals surface area contributed by atoms with Gasteiger partial charge in [-0.1, -0.05) is 88.6 Å². The maximum absolute atomic E-state index is 11.8. The fraction of sp³-hybridized carbons (Fsp3) is 0.667. The van der Waals surface area contributed by atoms with Gasteiger partial charge in [0.05, 0.1) is 18.8 Å². The summed E-state index contributed by atoms with van der Waals surface area (Å²) in [4.78, 5) is 11.8. The van der Waals surface area contributed by atoms with E-state index in [1.807, 2.05) is 30.3 Å². The van der Waals surface area contributed by atoms with Gasteiger partial charge in [-0.2, -0.15) is 0 Å². The Morgan fingerprint density at radius 1 is 1.04 bits per heavy atom. The number of nitrogens with one attached hydrogen (secondary N) is 1. The van der Waals surface area contributed by atoms with Crippen LogP contribution in [-0.2, 0) is 11.3 Å². The van der Waals surface area contributed by atoms with Crippen LogP contribution in [0.4, 0.5) is 4.79 Å². The van der Waals surface area contributed by atoms with Gasteiger partial charge in [0.1, 0.15) is 6.61 Å². The summed E-state index contributed by atoms with van der Waals surface area (Å²) in [6.45, 7) is 2.07. The highest BCUT2D eigenvalue weighted by Gasteiger charge is 2.20. The van der Waals surface area contributed by atoms with Gasteiger partial charge in [0.15, 0.2) is 0 Å². The number of benzene rings is 1. The number of ether oxygens (including phenoxy) is 1. The number of alkyl carbamates (subject to hydrolysis) is 1. The fourth-order valence-electron chi connectivity index (χ4n) is 2.87. The van der Waals surface area contributed by atoms with Gasteiger partial charge in [-0.15, -0.1) is 0 Å².